The first-order valence-electron chi connectivity index (χ1n) is 6.81. The lowest BCUT2D eigenvalue weighted by Crippen LogP contribution is -2.49. The molecule has 0 aromatic carbocycles. The highest BCUT2D eigenvalue weighted by molar-refractivity contribution is 6.07. The first kappa shape index (κ1) is 13.3. The summed E-state index contributed by atoms with van der Waals surface area (Å²) in [5.41, 5.74) is -0.615. The first-order chi connectivity index (χ1) is 8.59. The molecule has 1 spiro atoms. The Hall–Kier alpha value is -1.10. The highest BCUT2D eigenvalue weighted by Gasteiger charge is 2.51. The van der Waals surface area contributed by atoms with Gasteiger partial charge in [0.15, 0.2) is 0 Å². The van der Waals surface area contributed by atoms with Crippen LogP contribution in [0.5, 0.6) is 0 Å². The van der Waals surface area contributed by atoms with Gasteiger partial charge < -0.3 is 10.1 Å². The Morgan fingerprint density at radius 3 is 2.67 bits per heavy atom. The fourth-order valence-electron chi connectivity index (χ4n) is 2.77. The van der Waals surface area contributed by atoms with Crippen molar-refractivity contribution in [3.05, 3.63) is 0 Å². The summed E-state index contributed by atoms with van der Waals surface area (Å²) >= 11 is 0. The van der Waals surface area contributed by atoms with Crippen molar-refractivity contribution >= 4 is 11.9 Å². The van der Waals surface area contributed by atoms with Gasteiger partial charge in [0.05, 0.1) is 13.2 Å². The Labute approximate surface area is 108 Å². The topological polar surface area (TPSA) is 58.6 Å². The second-order valence-electron chi connectivity index (χ2n) is 5.35. The summed E-state index contributed by atoms with van der Waals surface area (Å²) < 4.78 is 5.21. The lowest BCUT2D eigenvalue weighted by atomic mass is 9.77. The van der Waals surface area contributed by atoms with Crippen molar-refractivity contribution in [3.8, 4) is 0 Å². The molecular formula is C13H22N2O3. The number of hydrogen-bond donors (Lipinski definition) is 1. The molecule has 1 aliphatic heterocycles. The number of carbonyl (C=O) groups is 2. The van der Waals surface area contributed by atoms with Crippen molar-refractivity contribution in [2.24, 2.45) is 5.92 Å². The van der Waals surface area contributed by atoms with E-state index in [2.05, 4.69) is 12.2 Å². The van der Waals surface area contributed by atoms with Crippen molar-refractivity contribution in [1.82, 2.24) is 10.2 Å². The molecule has 1 N–H and O–H groups in total. The molecule has 18 heavy (non-hydrogen) atoms. The van der Waals surface area contributed by atoms with Gasteiger partial charge in [0.1, 0.15) is 5.54 Å². The Morgan fingerprint density at radius 1 is 1.39 bits per heavy atom. The molecular weight excluding hydrogens is 232 g/mol. The molecule has 2 aliphatic rings. The highest BCUT2D eigenvalue weighted by Crippen LogP contribution is 2.36. The van der Waals surface area contributed by atoms with Crippen molar-refractivity contribution < 1.29 is 14.3 Å². The van der Waals surface area contributed by atoms with E-state index < -0.39 is 5.54 Å². The summed E-state index contributed by atoms with van der Waals surface area (Å²) in [6, 6.07) is -0.255. The van der Waals surface area contributed by atoms with Gasteiger partial charge >= 0.3 is 6.03 Å². The molecule has 2 fully saturated rings. The van der Waals surface area contributed by atoms with E-state index in [9.17, 15) is 9.59 Å². The van der Waals surface area contributed by atoms with E-state index in [1.165, 1.54) is 4.90 Å². The van der Waals surface area contributed by atoms with E-state index in [1.54, 1.807) is 0 Å². The number of ether oxygens (including phenoxy) is 1. The molecule has 0 aromatic heterocycles. The van der Waals surface area contributed by atoms with Gasteiger partial charge in [-0.25, -0.2) is 4.79 Å². The zero-order valence-electron chi connectivity index (χ0n) is 11.2. The molecule has 0 aromatic rings. The molecule has 1 heterocycles. The Bertz CT molecular complexity index is 335. The number of imide groups is 1. The summed E-state index contributed by atoms with van der Waals surface area (Å²) in [7, 11) is 0. The molecule has 1 saturated carbocycles. The van der Waals surface area contributed by atoms with Crippen LogP contribution in [0.25, 0.3) is 0 Å². The van der Waals surface area contributed by atoms with Gasteiger partial charge in [-0.1, -0.05) is 6.92 Å². The number of nitrogens with one attached hydrogen (secondary N) is 1. The highest BCUT2D eigenvalue weighted by atomic mass is 16.5. The quantitative estimate of drug-likeness (QED) is 0.611. The molecule has 1 aliphatic carbocycles. The fraction of sp³-hybridized carbons (Fsp3) is 0.846. The lowest BCUT2D eigenvalue weighted by Gasteiger charge is -2.33. The first-order valence-corrected chi connectivity index (χ1v) is 6.81. The van der Waals surface area contributed by atoms with Gasteiger partial charge in [0.2, 0.25) is 0 Å². The number of rotatable bonds is 4. The summed E-state index contributed by atoms with van der Waals surface area (Å²) in [5.74, 6) is 0.594. The SMILES string of the molecule is CCOCCN1C(=O)NC2(CCC(C)CC2)C1=O. The van der Waals surface area contributed by atoms with Crippen LogP contribution in [0.1, 0.15) is 39.5 Å². The molecule has 102 valence electrons. The number of amides is 3. The van der Waals surface area contributed by atoms with E-state index in [0.29, 0.717) is 25.7 Å². The number of nitrogens with zero attached hydrogens (tertiary/aromatic N) is 1. The summed E-state index contributed by atoms with van der Waals surface area (Å²) in [6.45, 7) is 5.47. The lowest BCUT2D eigenvalue weighted by molar-refractivity contribution is -0.133. The van der Waals surface area contributed by atoms with Crippen molar-refractivity contribution in [2.75, 3.05) is 19.8 Å². The predicted octanol–water partition coefficient (Wildman–Crippen LogP) is 1.52. The summed E-state index contributed by atoms with van der Waals surface area (Å²) in [4.78, 5) is 25.6. The minimum absolute atomic E-state index is 0.0564. The van der Waals surface area contributed by atoms with Crippen LogP contribution in [0.15, 0.2) is 0 Å². The molecule has 5 heteroatoms. The average Bonchev–Trinajstić information content (AvgIpc) is 2.58. The fourth-order valence-corrected chi connectivity index (χ4v) is 2.77. The molecule has 5 nitrogen and oxygen atoms in total. The van der Waals surface area contributed by atoms with Gasteiger partial charge in [0.25, 0.3) is 5.91 Å². The minimum atomic E-state index is -0.615. The number of urea groups is 1. The van der Waals surface area contributed by atoms with E-state index in [0.717, 1.165) is 25.7 Å². The van der Waals surface area contributed by atoms with Crippen LogP contribution in [0.2, 0.25) is 0 Å². The van der Waals surface area contributed by atoms with E-state index in [1.807, 2.05) is 6.92 Å². The number of hydrogen-bond acceptors (Lipinski definition) is 3. The van der Waals surface area contributed by atoms with Crippen LogP contribution in [-0.4, -0.2) is 42.1 Å². The maximum Gasteiger partial charge on any atom is 0.325 e. The Kier molecular flexibility index (Phi) is 3.90. The zero-order chi connectivity index (χ0) is 13.2. The molecule has 3 amide bonds. The maximum atomic E-state index is 12.4. The normalized spacial score (nSPS) is 32.1. The monoisotopic (exact) mass is 254 g/mol. The van der Waals surface area contributed by atoms with Crippen LogP contribution in [-0.2, 0) is 9.53 Å². The molecule has 0 atom stereocenters. The second-order valence-corrected chi connectivity index (χ2v) is 5.35. The third kappa shape index (κ3) is 2.36. The van der Waals surface area contributed by atoms with Crippen LogP contribution < -0.4 is 5.32 Å². The van der Waals surface area contributed by atoms with Gasteiger partial charge in [-0.2, -0.15) is 0 Å². The van der Waals surface area contributed by atoms with Crippen LogP contribution in [0, 0.1) is 5.92 Å². The third-order valence-electron chi connectivity index (χ3n) is 4.04. The molecule has 0 bridgehead atoms. The van der Waals surface area contributed by atoms with Gasteiger partial charge in [-0.3, -0.25) is 9.69 Å². The minimum Gasteiger partial charge on any atom is -0.380 e. The maximum absolute atomic E-state index is 12.4. The molecule has 2 rings (SSSR count). The van der Waals surface area contributed by atoms with Gasteiger partial charge in [-0.05, 0) is 38.5 Å². The van der Waals surface area contributed by atoms with E-state index in [-0.39, 0.29) is 11.9 Å². The van der Waals surface area contributed by atoms with Crippen LogP contribution in [0.3, 0.4) is 0 Å². The Balaban J connectivity index is 1.99. The second kappa shape index (κ2) is 5.26. The Morgan fingerprint density at radius 2 is 2.06 bits per heavy atom. The van der Waals surface area contributed by atoms with Crippen LogP contribution >= 0.6 is 0 Å². The third-order valence-corrected chi connectivity index (χ3v) is 4.04. The summed E-state index contributed by atoms with van der Waals surface area (Å²) in [5, 5.41) is 2.90. The van der Waals surface area contributed by atoms with Gasteiger partial charge in [0, 0.05) is 6.61 Å². The van der Waals surface area contributed by atoms with Gasteiger partial charge in [-0.15, -0.1) is 0 Å². The van der Waals surface area contributed by atoms with Crippen molar-refractivity contribution in [1.29, 1.82) is 0 Å². The molecule has 0 unspecified atom stereocenters. The predicted molar refractivity (Wildman–Crippen MR) is 67.1 cm³/mol. The zero-order valence-corrected chi connectivity index (χ0v) is 11.2. The van der Waals surface area contributed by atoms with Crippen LogP contribution in [0.4, 0.5) is 4.79 Å². The van der Waals surface area contributed by atoms with E-state index >= 15 is 0 Å². The smallest absolute Gasteiger partial charge is 0.325 e. The number of carbonyl (C=O) groups excluding carboxylic acids is 2. The van der Waals surface area contributed by atoms with E-state index in [4.69, 9.17) is 4.74 Å². The van der Waals surface area contributed by atoms with Crippen molar-refractivity contribution in [3.63, 3.8) is 0 Å². The average molecular weight is 254 g/mol. The summed E-state index contributed by atoms with van der Waals surface area (Å²) in [6.07, 6.45) is 3.55. The standard InChI is InChI=1S/C13H22N2O3/c1-3-18-9-8-15-11(16)13(14-12(15)17)6-4-10(2)5-7-13/h10H,3-9H2,1-2H3,(H,14,17). The largest absolute Gasteiger partial charge is 0.380 e. The molecule has 0 radical (unpaired) electrons. The molecule has 1 saturated heterocycles. The van der Waals surface area contributed by atoms with Crippen molar-refractivity contribution in [2.45, 2.75) is 45.1 Å².